The molecule has 1 atom stereocenters. The minimum absolute atomic E-state index is 0.114. The van der Waals surface area contributed by atoms with E-state index in [-0.39, 0.29) is 17.3 Å². The molecule has 1 aromatic carbocycles. The van der Waals surface area contributed by atoms with Gasteiger partial charge in [-0.1, -0.05) is 0 Å². The molecule has 4 heteroatoms. The highest BCUT2D eigenvalue weighted by molar-refractivity contribution is 5.65. The van der Waals surface area contributed by atoms with E-state index in [1.54, 1.807) is 12.1 Å². The quantitative estimate of drug-likeness (QED) is 0.801. The summed E-state index contributed by atoms with van der Waals surface area (Å²) in [7, 11) is 0. The molecular weight excluding hydrogens is 289 g/mol. The van der Waals surface area contributed by atoms with Crippen molar-refractivity contribution in [3.05, 3.63) is 41.3 Å². The lowest BCUT2D eigenvalue weighted by Gasteiger charge is -2.27. The molecule has 1 aliphatic carbocycles. The van der Waals surface area contributed by atoms with Gasteiger partial charge in [-0.2, -0.15) is 10.4 Å². The van der Waals surface area contributed by atoms with Crippen molar-refractivity contribution >= 4 is 0 Å². The average molecular weight is 311 g/mol. The highest BCUT2D eigenvalue weighted by atomic mass is 19.1. The van der Waals surface area contributed by atoms with Gasteiger partial charge in [0.15, 0.2) is 0 Å². The van der Waals surface area contributed by atoms with Gasteiger partial charge >= 0.3 is 0 Å². The van der Waals surface area contributed by atoms with Gasteiger partial charge in [0.1, 0.15) is 5.82 Å². The van der Waals surface area contributed by atoms with Gasteiger partial charge in [0.2, 0.25) is 0 Å². The standard InChI is InChI=1S/C19H22FN3/c1-19(2,3)23-16-6-4-5-13(11-12-21)17(16)18(22-23)14-7-9-15(20)10-8-14/h7-10,13H,4-6,11H2,1-3H3. The Morgan fingerprint density at radius 2 is 2.00 bits per heavy atom. The fourth-order valence-electron chi connectivity index (χ4n) is 3.48. The summed E-state index contributed by atoms with van der Waals surface area (Å²) in [5, 5.41) is 14.1. The maximum atomic E-state index is 13.3. The number of fused-ring (bicyclic) bond motifs is 1. The molecule has 0 amide bonds. The van der Waals surface area contributed by atoms with Crippen molar-refractivity contribution in [2.75, 3.05) is 0 Å². The molecule has 0 saturated heterocycles. The molecule has 1 heterocycles. The minimum atomic E-state index is -0.244. The van der Waals surface area contributed by atoms with Gasteiger partial charge in [0.05, 0.1) is 17.3 Å². The molecule has 0 saturated carbocycles. The van der Waals surface area contributed by atoms with Crippen molar-refractivity contribution in [3.63, 3.8) is 0 Å². The monoisotopic (exact) mass is 311 g/mol. The Balaban J connectivity index is 2.21. The van der Waals surface area contributed by atoms with E-state index in [4.69, 9.17) is 5.10 Å². The second-order valence-corrected chi connectivity index (χ2v) is 7.25. The maximum Gasteiger partial charge on any atom is 0.123 e. The summed E-state index contributed by atoms with van der Waals surface area (Å²) >= 11 is 0. The summed E-state index contributed by atoms with van der Waals surface area (Å²) in [6.07, 6.45) is 3.61. The van der Waals surface area contributed by atoms with E-state index in [1.807, 2.05) is 0 Å². The number of nitrogens with zero attached hydrogens (tertiary/aromatic N) is 3. The Bertz CT molecular complexity index is 745. The Hall–Kier alpha value is -2.15. The highest BCUT2D eigenvalue weighted by Gasteiger charge is 2.32. The Kier molecular flexibility index (Phi) is 3.97. The Morgan fingerprint density at radius 3 is 2.61 bits per heavy atom. The normalized spacial score (nSPS) is 17.6. The smallest absolute Gasteiger partial charge is 0.123 e. The average Bonchev–Trinajstić information content (AvgIpc) is 2.89. The molecule has 0 aliphatic heterocycles. The van der Waals surface area contributed by atoms with E-state index in [0.29, 0.717) is 6.42 Å². The van der Waals surface area contributed by atoms with Crippen molar-refractivity contribution in [1.29, 1.82) is 5.26 Å². The molecule has 120 valence electrons. The number of benzene rings is 1. The number of aromatic nitrogens is 2. The fraction of sp³-hybridized carbons (Fsp3) is 0.474. The summed E-state index contributed by atoms with van der Waals surface area (Å²) in [5.74, 6) is -0.0219. The molecule has 0 spiro atoms. The molecule has 0 N–H and O–H groups in total. The Morgan fingerprint density at radius 1 is 1.30 bits per heavy atom. The highest BCUT2D eigenvalue weighted by Crippen LogP contribution is 2.41. The number of nitriles is 1. The predicted molar refractivity (Wildman–Crippen MR) is 88.5 cm³/mol. The van der Waals surface area contributed by atoms with Crippen molar-refractivity contribution in [3.8, 4) is 17.3 Å². The van der Waals surface area contributed by atoms with Gasteiger partial charge in [-0.05, 0) is 64.3 Å². The molecule has 0 bridgehead atoms. The summed E-state index contributed by atoms with van der Waals surface area (Å²) in [6, 6.07) is 8.82. The van der Waals surface area contributed by atoms with Crippen molar-refractivity contribution < 1.29 is 4.39 Å². The molecular formula is C19H22FN3. The Labute approximate surface area is 136 Å². The van der Waals surface area contributed by atoms with Crippen LogP contribution in [0.1, 0.15) is 57.2 Å². The largest absolute Gasteiger partial charge is 0.263 e. The minimum Gasteiger partial charge on any atom is -0.263 e. The number of hydrogen-bond acceptors (Lipinski definition) is 2. The van der Waals surface area contributed by atoms with Crippen LogP contribution in [0.4, 0.5) is 4.39 Å². The van der Waals surface area contributed by atoms with Crippen LogP contribution in [0.25, 0.3) is 11.3 Å². The maximum absolute atomic E-state index is 13.3. The van der Waals surface area contributed by atoms with Crippen LogP contribution in [-0.4, -0.2) is 9.78 Å². The molecule has 0 fully saturated rings. The molecule has 3 rings (SSSR count). The zero-order chi connectivity index (χ0) is 16.6. The van der Waals surface area contributed by atoms with Gasteiger partial charge in [0, 0.05) is 29.2 Å². The first-order valence-electron chi connectivity index (χ1n) is 8.17. The SMILES string of the molecule is CC(C)(C)n1nc(-c2ccc(F)cc2)c2c1CCCC2CC#N. The second-order valence-electron chi connectivity index (χ2n) is 7.25. The first kappa shape index (κ1) is 15.7. The van der Waals surface area contributed by atoms with E-state index in [1.165, 1.54) is 23.4 Å². The lowest BCUT2D eigenvalue weighted by atomic mass is 9.82. The molecule has 3 nitrogen and oxygen atoms in total. The van der Waals surface area contributed by atoms with Crippen molar-refractivity contribution in [1.82, 2.24) is 9.78 Å². The molecule has 2 aromatic rings. The predicted octanol–water partition coefficient (Wildman–Crippen LogP) is 4.78. The zero-order valence-electron chi connectivity index (χ0n) is 13.9. The van der Waals surface area contributed by atoms with Crippen LogP contribution < -0.4 is 0 Å². The fourth-order valence-corrected chi connectivity index (χ4v) is 3.48. The first-order valence-corrected chi connectivity index (χ1v) is 8.17. The van der Waals surface area contributed by atoms with Crippen LogP contribution in [-0.2, 0) is 12.0 Å². The number of hydrogen-bond donors (Lipinski definition) is 0. The van der Waals surface area contributed by atoms with Crippen LogP contribution >= 0.6 is 0 Å². The van der Waals surface area contributed by atoms with Crippen LogP contribution in [0, 0.1) is 17.1 Å². The number of halogens is 1. The third kappa shape index (κ3) is 2.88. The summed E-state index contributed by atoms with van der Waals surface area (Å²) < 4.78 is 15.4. The number of rotatable bonds is 2. The first-order chi connectivity index (χ1) is 10.9. The van der Waals surface area contributed by atoms with E-state index >= 15 is 0 Å². The van der Waals surface area contributed by atoms with Gasteiger partial charge in [-0.3, -0.25) is 4.68 Å². The zero-order valence-corrected chi connectivity index (χ0v) is 13.9. The van der Waals surface area contributed by atoms with Crippen LogP contribution in [0.2, 0.25) is 0 Å². The van der Waals surface area contributed by atoms with Crippen molar-refractivity contribution in [2.24, 2.45) is 0 Å². The molecule has 0 radical (unpaired) electrons. The van der Waals surface area contributed by atoms with E-state index in [9.17, 15) is 9.65 Å². The second kappa shape index (κ2) is 5.81. The lowest BCUT2D eigenvalue weighted by Crippen LogP contribution is -2.26. The van der Waals surface area contributed by atoms with Crippen LogP contribution in [0.5, 0.6) is 0 Å². The third-order valence-electron chi connectivity index (χ3n) is 4.49. The third-order valence-corrected chi connectivity index (χ3v) is 4.49. The van der Waals surface area contributed by atoms with E-state index < -0.39 is 0 Å². The van der Waals surface area contributed by atoms with Crippen molar-refractivity contribution in [2.45, 2.75) is 57.9 Å². The van der Waals surface area contributed by atoms with Gasteiger partial charge in [0.25, 0.3) is 0 Å². The van der Waals surface area contributed by atoms with Gasteiger partial charge < -0.3 is 0 Å². The molecule has 23 heavy (non-hydrogen) atoms. The summed E-state index contributed by atoms with van der Waals surface area (Å²) in [5.41, 5.74) is 4.16. The van der Waals surface area contributed by atoms with Gasteiger partial charge in [-0.25, -0.2) is 4.39 Å². The van der Waals surface area contributed by atoms with Crippen LogP contribution in [0.3, 0.4) is 0 Å². The molecule has 1 aliphatic rings. The summed E-state index contributed by atoms with van der Waals surface area (Å²) in [4.78, 5) is 0. The topological polar surface area (TPSA) is 41.6 Å². The molecule has 1 unspecified atom stereocenters. The lowest BCUT2D eigenvalue weighted by molar-refractivity contribution is 0.338. The van der Waals surface area contributed by atoms with E-state index in [2.05, 4.69) is 31.5 Å². The van der Waals surface area contributed by atoms with Gasteiger partial charge in [-0.15, -0.1) is 0 Å². The molecule has 1 aromatic heterocycles. The van der Waals surface area contributed by atoms with E-state index in [0.717, 1.165) is 30.5 Å². The van der Waals surface area contributed by atoms with Crippen LogP contribution in [0.15, 0.2) is 24.3 Å². The summed E-state index contributed by atoms with van der Waals surface area (Å²) in [6.45, 7) is 6.42.